The van der Waals surface area contributed by atoms with Crippen LogP contribution < -0.4 is 0 Å². The summed E-state index contributed by atoms with van der Waals surface area (Å²) in [5, 5.41) is 0. The second-order valence-electron chi connectivity index (χ2n) is 6.39. The summed E-state index contributed by atoms with van der Waals surface area (Å²) < 4.78 is 1.02. The monoisotopic (exact) mass is 388 g/mol. The van der Waals surface area contributed by atoms with Crippen LogP contribution in [-0.2, 0) is 0 Å². The molecule has 1 aliphatic heterocycles. The molecule has 4 nitrogen and oxygen atoms in total. The molecule has 3 rings (SSSR count). The number of aryl methyl sites for hydroxylation is 1. The number of Topliss-reactive ketones (excluding diaryl/α,β-unsaturated/α-hetero) is 1. The number of aromatic nitrogens is 1. The Kier molecular flexibility index (Phi) is 4.63. The van der Waals surface area contributed by atoms with E-state index in [1.165, 1.54) is 6.92 Å². The standard InChI is InChI=1S/C19H21BrN2O2/c1-11-17(13(3)23)12(2)21-18(11)19(24)22-9-5-8-16(22)14-6-4-7-15(20)10-14/h4,6-7,10,16,21H,5,8-9H2,1-3H3. The summed E-state index contributed by atoms with van der Waals surface area (Å²) in [6.07, 6.45) is 1.95. The van der Waals surface area contributed by atoms with E-state index in [2.05, 4.69) is 33.0 Å². The van der Waals surface area contributed by atoms with Gasteiger partial charge in [0, 0.05) is 22.3 Å². The minimum absolute atomic E-state index is 0.00902. The van der Waals surface area contributed by atoms with Gasteiger partial charge in [0.2, 0.25) is 0 Å². The molecule has 1 aliphatic rings. The average Bonchev–Trinajstić information content (AvgIpc) is 3.11. The van der Waals surface area contributed by atoms with Crippen LogP contribution in [0.4, 0.5) is 0 Å². The van der Waals surface area contributed by atoms with Crippen molar-refractivity contribution in [3.63, 3.8) is 0 Å². The molecule has 1 N–H and O–H groups in total. The van der Waals surface area contributed by atoms with E-state index in [9.17, 15) is 9.59 Å². The highest BCUT2D eigenvalue weighted by molar-refractivity contribution is 9.10. The number of carbonyl (C=O) groups is 2. The second-order valence-corrected chi connectivity index (χ2v) is 7.31. The molecule has 0 saturated carbocycles. The van der Waals surface area contributed by atoms with Crippen molar-refractivity contribution in [2.45, 2.75) is 39.7 Å². The first kappa shape index (κ1) is 17.0. The fourth-order valence-electron chi connectivity index (χ4n) is 3.71. The predicted octanol–water partition coefficient (Wildman–Crippen LogP) is 4.57. The van der Waals surface area contributed by atoms with E-state index in [-0.39, 0.29) is 17.7 Å². The van der Waals surface area contributed by atoms with Crippen molar-refractivity contribution < 1.29 is 9.59 Å². The number of carbonyl (C=O) groups excluding carboxylic acids is 2. The first-order valence-corrected chi connectivity index (χ1v) is 8.96. The van der Waals surface area contributed by atoms with E-state index in [0.717, 1.165) is 40.7 Å². The number of likely N-dealkylation sites (tertiary alicyclic amines) is 1. The molecule has 1 amide bonds. The van der Waals surface area contributed by atoms with Crippen LogP contribution >= 0.6 is 15.9 Å². The van der Waals surface area contributed by atoms with Crippen LogP contribution in [0.2, 0.25) is 0 Å². The predicted molar refractivity (Wildman–Crippen MR) is 97.4 cm³/mol. The number of halogens is 1. The largest absolute Gasteiger partial charge is 0.354 e. The first-order valence-electron chi connectivity index (χ1n) is 8.16. The van der Waals surface area contributed by atoms with Gasteiger partial charge in [-0.25, -0.2) is 0 Å². The zero-order valence-corrected chi connectivity index (χ0v) is 15.7. The summed E-state index contributed by atoms with van der Waals surface area (Å²) in [6.45, 7) is 5.97. The lowest BCUT2D eigenvalue weighted by atomic mass is 10.0. The van der Waals surface area contributed by atoms with Crippen LogP contribution in [0.25, 0.3) is 0 Å². The Hall–Kier alpha value is -1.88. The van der Waals surface area contributed by atoms with Gasteiger partial charge < -0.3 is 9.88 Å². The van der Waals surface area contributed by atoms with Crippen LogP contribution in [-0.4, -0.2) is 28.1 Å². The van der Waals surface area contributed by atoms with Crippen molar-refractivity contribution in [3.8, 4) is 0 Å². The van der Waals surface area contributed by atoms with Gasteiger partial charge in [-0.1, -0.05) is 28.1 Å². The van der Waals surface area contributed by atoms with Gasteiger partial charge in [-0.05, 0) is 56.9 Å². The minimum Gasteiger partial charge on any atom is -0.354 e. The van der Waals surface area contributed by atoms with E-state index >= 15 is 0 Å². The fraction of sp³-hybridized carbons (Fsp3) is 0.368. The topological polar surface area (TPSA) is 53.2 Å². The van der Waals surface area contributed by atoms with E-state index in [4.69, 9.17) is 0 Å². The normalized spacial score (nSPS) is 17.3. The lowest BCUT2D eigenvalue weighted by Gasteiger charge is -2.25. The highest BCUT2D eigenvalue weighted by Crippen LogP contribution is 2.35. The SMILES string of the molecule is CC(=O)c1c(C)[nH]c(C(=O)N2CCCC2c2cccc(Br)c2)c1C. The van der Waals surface area contributed by atoms with Crippen molar-refractivity contribution in [2.24, 2.45) is 0 Å². The van der Waals surface area contributed by atoms with Crippen molar-refractivity contribution in [2.75, 3.05) is 6.54 Å². The summed E-state index contributed by atoms with van der Waals surface area (Å²) >= 11 is 3.50. The van der Waals surface area contributed by atoms with Crippen molar-refractivity contribution in [3.05, 3.63) is 56.8 Å². The number of hydrogen-bond donors (Lipinski definition) is 1. The van der Waals surface area contributed by atoms with Gasteiger partial charge in [-0.3, -0.25) is 9.59 Å². The number of hydrogen-bond acceptors (Lipinski definition) is 2. The molecule has 2 aromatic rings. The number of nitrogens with one attached hydrogen (secondary N) is 1. The third-order valence-corrected chi connectivity index (χ3v) is 5.24. The summed E-state index contributed by atoms with van der Waals surface area (Å²) in [7, 11) is 0. The number of H-pyrrole nitrogens is 1. The third-order valence-electron chi connectivity index (χ3n) is 4.75. The van der Waals surface area contributed by atoms with E-state index in [1.807, 2.05) is 30.9 Å². The smallest absolute Gasteiger partial charge is 0.271 e. The molecular formula is C19H21BrN2O2. The molecule has 1 aromatic carbocycles. The Bertz CT molecular complexity index is 810. The molecule has 1 atom stereocenters. The number of ketones is 1. The molecule has 1 aromatic heterocycles. The van der Waals surface area contributed by atoms with Gasteiger partial charge >= 0.3 is 0 Å². The molecule has 2 heterocycles. The maximum absolute atomic E-state index is 13.1. The van der Waals surface area contributed by atoms with E-state index in [0.29, 0.717) is 11.3 Å². The second kappa shape index (κ2) is 6.55. The number of benzene rings is 1. The molecule has 0 radical (unpaired) electrons. The number of aromatic amines is 1. The Balaban J connectivity index is 1.95. The molecule has 126 valence electrons. The quantitative estimate of drug-likeness (QED) is 0.782. The van der Waals surface area contributed by atoms with Gasteiger partial charge in [-0.15, -0.1) is 0 Å². The van der Waals surface area contributed by atoms with Gasteiger partial charge in [0.15, 0.2) is 5.78 Å². The first-order chi connectivity index (χ1) is 11.4. The third kappa shape index (κ3) is 2.93. The zero-order chi connectivity index (χ0) is 17.4. The molecule has 0 bridgehead atoms. The zero-order valence-electron chi connectivity index (χ0n) is 14.1. The summed E-state index contributed by atoms with van der Waals surface area (Å²) in [6, 6.07) is 8.21. The molecule has 1 unspecified atom stereocenters. The molecule has 1 fully saturated rings. The van der Waals surface area contributed by atoms with Crippen LogP contribution in [0.3, 0.4) is 0 Å². The summed E-state index contributed by atoms with van der Waals surface area (Å²) in [5.41, 5.74) is 3.84. The number of rotatable bonds is 3. The maximum atomic E-state index is 13.1. The van der Waals surface area contributed by atoms with E-state index in [1.54, 1.807) is 0 Å². The van der Waals surface area contributed by atoms with Gasteiger partial charge in [0.05, 0.1) is 6.04 Å². The van der Waals surface area contributed by atoms with Crippen molar-refractivity contribution in [1.82, 2.24) is 9.88 Å². The average molecular weight is 389 g/mol. The lowest BCUT2D eigenvalue weighted by molar-refractivity contribution is 0.0729. The molecular weight excluding hydrogens is 368 g/mol. The molecule has 5 heteroatoms. The van der Waals surface area contributed by atoms with Crippen LogP contribution in [0.1, 0.15) is 63.5 Å². The molecule has 0 aliphatic carbocycles. The Morgan fingerprint density at radius 3 is 2.67 bits per heavy atom. The molecule has 24 heavy (non-hydrogen) atoms. The fourth-order valence-corrected chi connectivity index (χ4v) is 4.12. The van der Waals surface area contributed by atoms with Crippen LogP contribution in [0.5, 0.6) is 0 Å². The van der Waals surface area contributed by atoms with Gasteiger partial charge in [0.25, 0.3) is 5.91 Å². The van der Waals surface area contributed by atoms with Gasteiger partial charge in [0.1, 0.15) is 5.69 Å². The van der Waals surface area contributed by atoms with E-state index < -0.39 is 0 Å². The molecule has 1 saturated heterocycles. The maximum Gasteiger partial charge on any atom is 0.271 e. The molecule has 0 spiro atoms. The highest BCUT2D eigenvalue weighted by Gasteiger charge is 2.33. The minimum atomic E-state index is -0.0226. The number of nitrogens with zero attached hydrogens (tertiary/aromatic N) is 1. The summed E-state index contributed by atoms with van der Waals surface area (Å²) in [4.78, 5) is 30.0. The van der Waals surface area contributed by atoms with Crippen molar-refractivity contribution >= 4 is 27.6 Å². The van der Waals surface area contributed by atoms with Gasteiger partial charge in [-0.2, -0.15) is 0 Å². The van der Waals surface area contributed by atoms with Crippen molar-refractivity contribution in [1.29, 1.82) is 0 Å². The summed E-state index contributed by atoms with van der Waals surface area (Å²) in [5.74, 6) is -0.0316. The van der Waals surface area contributed by atoms with Crippen LogP contribution in [0.15, 0.2) is 28.7 Å². The number of amides is 1. The Labute approximate surface area is 150 Å². The highest BCUT2D eigenvalue weighted by atomic mass is 79.9. The lowest BCUT2D eigenvalue weighted by Crippen LogP contribution is -2.31. The van der Waals surface area contributed by atoms with Crippen LogP contribution in [0, 0.1) is 13.8 Å². The Morgan fingerprint density at radius 1 is 1.29 bits per heavy atom. The Morgan fingerprint density at radius 2 is 2.04 bits per heavy atom.